The average molecular weight is 182 g/mol. The molecule has 2 unspecified atom stereocenters. The Morgan fingerprint density at radius 2 is 2.38 bits per heavy atom. The molecule has 74 valence electrons. The topological polar surface area (TPSA) is 32.3 Å². The van der Waals surface area contributed by atoms with Crippen LogP contribution in [0.2, 0.25) is 0 Å². The summed E-state index contributed by atoms with van der Waals surface area (Å²) >= 11 is 0. The molecule has 3 heteroatoms. The van der Waals surface area contributed by atoms with Crippen LogP contribution >= 0.6 is 0 Å². The molecule has 0 saturated carbocycles. The van der Waals surface area contributed by atoms with E-state index in [9.17, 15) is 4.79 Å². The molecule has 0 spiro atoms. The van der Waals surface area contributed by atoms with Gasteiger partial charge in [-0.15, -0.1) is 6.58 Å². The molecule has 1 aliphatic rings. The van der Waals surface area contributed by atoms with Gasteiger partial charge in [-0.2, -0.15) is 0 Å². The molecule has 1 fully saturated rings. The van der Waals surface area contributed by atoms with Gasteiger partial charge >= 0.3 is 0 Å². The van der Waals surface area contributed by atoms with Crippen LogP contribution in [-0.2, 0) is 4.79 Å². The maximum absolute atomic E-state index is 11.1. The lowest BCUT2D eigenvalue weighted by molar-refractivity contribution is -0.130. The summed E-state index contributed by atoms with van der Waals surface area (Å²) in [6.07, 6.45) is 2.96. The Balaban J connectivity index is 2.57. The lowest BCUT2D eigenvalue weighted by atomic mass is 9.92. The summed E-state index contributed by atoms with van der Waals surface area (Å²) in [5.74, 6) is 0.559. The van der Waals surface area contributed by atoms with Gasteiger partial charge in [-0.05, 0) is 13.5 Å². The van der Waals surface area contributed by atoms with Gasteiger partial charge in [-0.25, -0.2) is 0 Å². The maximum Gasteiger partial charge on any atom is 0.219 e. The van der Waals surface area contributed by atoms with Gasteiger partial charge in [0.25, 0.3) is 0 Å². The Bertz CT molecular complexity index is 203. The number of piperidine rings is 1. The minimum Gasteiger partial charge on any atom is -0.342 e. The summed E-state index contributed by atoms with van der Waals surface area (Å²) in [6.45, 7) is 7.10. The van der Waals surface area contributed by atoms with Gasteiger partial charge in [-0.1, -0.05) is 6.08 Å². The van der Waals surface area contributed by atoms with Gasteiger partial charge in [-0.3, -0.25) is 4.79 Å². The van der Waals surface area contributed by atoms with E-state index in [1.54, 1.807) is 6.92 Å². The predicted octanol–water partition coefficient (Wildman–Crippen LogP) is 0.629. The first-order valence-corrected chi connectivity index (χ1v) is 4.74. The first-order valence-electron chi connectivity index (χ1n) is 4.74. The molecule has 1 rings (SSSR count). The fraction of sp³-hybridized carbons (Fsp3) is 0.700. The smallest absolute Gasteiger partial charge is 0.219 e. The van der Waals surface area contributed by atoms with Crippen LogP contribution in [0, 0.1) is 5.92 Å². The van der Waals surface area contributed by atoms with Crippen LogP contribution in [0.4, 0.5) is 0 Å². The van der Waals surface area contributed by atoms with Crippen molar-refractivity contribution in [3.8, 4) is 0 Å². The van der Waals surface area contributed by atoms with Crippen molar-refractivity contribution in [3.63, 3.8) is 0 Å². The van der Waals surface area contributed by atoms with Gasteiger partial charge < -0.3 is 10.2 Å². The van der Waals surface area contributed by atoms with Gasteiger partial charge in [0.1, 0.15) is 0 Å². The first-order chi connectivity index (χ1) is 6.19. The summed E-state index contributed by atoms with van der Waals surface area (Å²) < 4.78 is 0. The van der Waals surface area contributed by atoms with Gasteiger partial charge in [0.15, 0.2) is 0 Å². The van der Waals surface area contributed by atoms with E-state index in [-0.39, 0.29) is 5.91 Å². The monoisotopic (exact) mass is 182 g/mol. The lowest BCUT2D eigenvalue weighted by Gasteiger charge is -2.36. The molecular formula is C10H18N2O. The molecule has 1 saturated heterocycles. The number of carbonyl (C=O) groups excluding carboxylic acids is 1. The molecule has 0 aliphatic carbocycles. The number of hydrogen-bond donors (Lipinski definition) is 1. The number of amides is 1. The van der Waals surface area contributed by atoms with Gasteiger partial charge in [0, 0.05) is 32.0 Å². The van der Waals surface area contributed by atoms with Crippen molar-refractivity contribution in [2.45, 2.75) is 19.4 Å². The lowest BCUT2D eigenvalue weighted by Crippen LogP contribution is -2.48. The Hall–Kier alpha value is -0.830. The third-order valence-electron chi connectivity index (χ3n) is 2.78. The Kier molecular flexibility index (Phi) is 3.48. The Morgan fingerprint density at radius 1 is 1.69 bits per heavy atom. The SMILES string of the molecule is C=CC1CN(C(C)=O)CCC1NC. The number of carbonyl (C=O) groups is 1. The van der Waals surface area contributed by atoms with E-state index in [1.807, 2.05) is 18.0 Å². The second kappa shape index (κ2) is 4.42. The van der Waals surface area contributed by atoms with Crippen LogP contribution in [0.3, 0.4) is 0 Å². The molecule has 13 heavy (non-hydrogen) atoms. The predicted molar refractivity (Wildman–Crippen MR) is 53.4 cm³/mol. The summed E-state index contributed by atoms with van der Waals surface area (Å²) in [6, 6.07) is 0.480. The van der Waals surface area contributed by atoms with Crippen LogP contribution in [-0.4, -0.2) is 37.0 Å². The van der Waals surface area contributed by atoms with E-state index in [0.29, 0.717) is 12.0 Å². The number of likely N-dealkylation sites (tertiary alicyclic amines) is 1. The zero-order valence-corrected chi connectivity index (χ0v) is 8.42. The molecule has 0 aromatic rings. The summed E-state index contributed by atoms with van der Waals surface area (Å²) in [5, 5.41) is 3.26. The van der Waals surface area contributed by atoms with Crippen molar-refractivity contribution in [3.05, 3.63) is 12.7 Å². The third-order valence-corrected chi connectivity index (χ3v) is 2.78. The van der Waals surface area contributed by atoms with E-state index in [1.165, 1.54) is 0 Å². The third kappa shape index (κ3) is 2.31. The van der Waals surface area contributed by atoms with Crippen molar-refractivity contribution in [2.24, 2.45) is 5.92 Å². The molecule has 0 aromatic heterocycles. The first kappa shape index (κ1) is 10.3. The van der Waals surface area contributed by atoms with Crippen molar-refractivity contribution >= 4 is 5.91 Å². The molecule has 1 N–H and O–H groups in total. The zero-order chi connectivity index (χ0) is 9.84. The second-order valence-electron chi connectivity index (χ2n) is 3.55. The maximum atomic E-state index is 11.1. The average Bonchev–Trinajstić information content (AvgIpc) is 2.16. The summed E-state index contributed by atoms with van der Waals surface area (Å²) in [4.78, 5) is 13.0. The largest absolute Gasteiger partial charge is 0.342 e. The number of rotatable bonds is 2. The van der Waals surface area contributed by atoms with Crippen LogP contribution in [0.15, 0.2) is 12.7 Å². The molecular weight excluding hydrogens is 164 g/mol. The van der Waals surface area contributed by atoms with Gasteiger partial charge in [0.2, 0.25) is 5.91 Å². The quantitative estimate of drug-likeness (QED) is 0.635. The van der Waals surface area contributed by atoms with Crippen LogP contribution in [0.5, 0.6) is 0 Å². The van der Waals surface area contributed by atoms with E-state index in [0.717, 1.165) is 19.5 Å². The van der Waals surface area contributed by atoms with E-state index in [2.05, 4.69) is 11.9 Å². The zero-order valence-electron chi connectivity index (χ0n) is 8.42. The molecule has 3 nitrogen and oxygen atoms in total. The molecule has 0 radical (unpaired) electrons. The summed E-state index contributed by atoms with van der Waals surface area (Å²) in [5.41, 5.74) is 0. The highest BCUT2D eigenvalue weighted by Gasteiger charge is 2.26. The van der Waals surface area contributed by atoms with E-state index in [4.69, 9.17) is 0 Å². The van der Waals surface area contributed by atoms with Crippen molar-refractivity contribution in [1.82, 2.24) is 10.2 Å². The number of hydrogen-bond acceptors (Lipinski definition) is 2. The van der Waals surface area contributed by atoms with E-state index < -0.39 is 0 Å². The molecule has 0 bridgehead atoms. The highest BCUT2D eigenvalue weighted by Crippen LogP contribution is 2.17. The highest BCUT2D eigenvalue weighted by atomic mass is 16.2. The fourth-order valence-corrected chi connectivity index (χ4v) is 1.87. The van der Waals surface area contributed by atoms with Gasteiger partial charge in [0.05, 0.1) is 0 Å². The highest BCUT2D eigenvalue weighted by molar-refractivity contribution is 5.73. The molecule has 0 aromatic carbocycles. The number of nitrogens with zero attached hydrogens (tertiary/aromatic N) is 1. The summed E-state index contributed by atoms with van der Waals surface area (Å²) in [7, 11) is 1.96. The Labute approximate surface area is 79.8 Å². The van der Waals surface area contributed by atoms with Crippen LogP contribution in [0.25, 0.3) is 0 Å². The Morgan fingerprint density at radius 3 is 2.85 bits per heavy atom. The second-order valence-corrected chi connectivity index (χ2v) is 3.55. The van der Waals surface area contributed by atoms with Crippen molar-refractivity contribution in [2.75, 3.05) is 20.1 Å². The normalized spacial score (nSPS) is 28.6. The standard InChI is InChI=1S/C10H18N2O/c1-4-9-7-12(8(2)13)6-5-10(9)11-3/h4,9-11H,1,5-7H2,2-3H3. The van der Waals surface area contributed by atoms with Crippen molar-refractivity contribution < 1.29 is 4.79 Å². The minimum absolute atomic E-state index is 0.168. The molecule has 1 aliphatic heterocycles. The van der Waals surface area contributed by atoms with Crippen LogP contribution < -0.4 is 5.32 Å². The van der Waals surface area contributed by atoms with E-state index >= 15 is 0 Å². The fourth-order valence-electron chi connectivity index (χ4n) is 1.87. The number of nitrogens with one attached hydrogen (secondary N) is 1. The molecule has 1 heterocycles. The van der Waals surface area contributed by atoms with Crippen LogP contribution in [0.1, 0.15) is 13.3 Å². The van der Waals surface area contributed by atoms with Crippen molar-refractivity contribution in [1.29, 1.82) is 0 Å². The molecule has 2 atom stereocenters. The minimum atomic E-state index is 0.168. The molecule has 1 amide bonds.